The molecule has 0 bridgehead atoms. The minimum Gasteiger partial charge on any atom is -0.489 e. The summed E-state index contributed by atoms with van der Waals surface area (Å²) in [6.45, 7) is 5.75. The zero-order valence-corrected chi connectivity index (χ0v) is 20.9. The number of hydrogen-bond acceptors (Lipinski definition) is 4. The Hall–Kier alpha value is -1.81. The molecule has 2 N–H and O–H groups in total. The maximum Gasteiger partial charge on any atom is 0.191 e. The van der Waals surface area contributed by atoms with Gasteiger partial charge in [0.1, 0.15) is 22.2 Å². The highest BCUT2D eigenvalue weighted by molar-refractivity contribution is 14.0. The van der Waals surface area contributed by atoms with E-state index in [1.165, 1.54) is 6.26 Å². The molecule has 0 heterocycles. The number of nitrogens with one attached hydrogen (secondary N) is 2. The predicted molar refractivity (Wildman–Crippen MR) is 134 cm³/mol. The molecular formula is C22H32IN3O3S. The van der Waals surface area contributed by atoms with Gasteiger partial charge >= 0.3 is 0 Å². The van der Waals surface area contributed by atoms with Crippen molar-refractivity contribution >= 4 is 39.8 Å². The van der Waals surface area contributed by atoms with E-state index in [1.807, 2.05) is 68.4 Å². The molecule has 0 amide bonds. The van der Waals surface area contributed by atoms with Crippen molar-refractivity contribution < 1.29 is 13.2 Å². The molecule has 2 aromatic rings. The number of halogens is 1. The summed E-state index contributed by atoms with van der Waals surface area (Å²) in [5, 5.41) is 6.47. The van der Waals surface area contributed by atoms with Crippen LogP contribution >= 0.6 is 24.0 Å². The number of benzene rings is 2. The van der Waals surface area contributed by atoms with Crippen molar-refractivity contribution in [1.82, 2.24) is 10.6 Å². The fourth-order valence-corrected chi connectivity index (χ4v) is 3.39. The van der Waals surface area contributed by atoms with Crippen molar-refractivity contribution in [2.75, 3.05) is 18.6 Å². The van der Waals surface area contributed by atoms with Crippen LogP contribution in [-0.2, 0) is 23.0 Å². The van der Waals surface area contributed by atoms with Crippen molar-refractivity contribution in [2.24, 2.45) is 4.99 Å². The van der Waals surface area contributed by atoms with Gasteiger partial charge in [-0.3, -0.25) is 0 Å². The third kappa shape index (κ3) is 10.8. The van der Waals surface area contributed by atoms with Crippen LogP contribution in [0.15, 0.2) is 59.6 Å². The number of hydrogen-bond donors (Lipinski definition) is 2. The summed E-state index contributed by atoms with van der Waals surface area (Å²) >= 11 is 0. The van der Waals surface area contributed by atoms with Crippen molar-refractivity contribution in [3.63, 3.8) is 0 Å². The maximum absolute atomic E-state index is 11.3. The van der Waals surface area contributed by atoms with Gasteiger partial charge in [0, 0.05) is 18.8 Å². The van der Waals surface area contributed by atoms with Gasteiger partial charge in [-0.05, 0) is 43.5 Å². The van der Waals surface area contributed by atoms with E-state index in [2.05, 4.69) is 15.6 Å². The second-order valence-electron chi connectivity index (χ2n) is 7.08. The summed E-state index contributed by atoms with van der Waals surface area (Å²) in [6, 6.07) is 17.9. The third-order valence-electron chi connectivity index (χ3n) is 4.24. The Morgan fingerprint density at radius 3 is 2.30 bits per heavy atom. The van der Waals surface area contributed by atoms with E-state index >= 15 is 0 Å². The highest BCUT2D eigenvalue weighted by Crippen LogP contribution is 2.12. The highest BCUT2D eigenvalue weighted by Gasteiger charge is 2.09. The molecular weight excluding hydrogens is 513 g/mol. The van der Waals surface area contributed by atoms with Crippen LogP contribution in [0.1, 0.15) is 31.4 Å². The molecule has 166 valence electrons. The fourth-order valence-electron chi connectivity index (χ4n) is 2.61. The van der Waals surface area contributed by atoms with E-state index in [4.69, 9.17) is 4.74 Å². The van der Waals surface area contributed by atoms with Crippen molar-refractivity contribution in [3.8, 4) is 5.75 Å². The third-order valence-corrected chi connectivity index (χ3v) is 5.22. The standard InChI is InChI=1S/C22H31N3O3S.HI/c1-4-23-22(25-18(2)14-15-29(3,26)27)24-16-19-10-12-20(13-11-19)17-28-21-8-6-5-7-9-21;/h5-13,18H,4,14-17H2,1-3H3,(H2,23,24,25);1H. The van der Waals surface area contributed by atoms with E-state index in [0.29, 0.717) is 25.5 Å². The van der Waals surface area contributed by atoms with Gasteiger partial charge in [0.2, 0.25) is 0 Å². The summed E-state index contributed by atoms with van der Waals surface area (Å²) < 4.78 is 28.4. The van der Waals surface area contributed by atoms with Gasteiger partial charge in [-0.2, -0.15) is 0 Å². The molecule has 0 saturated heterocycles. The average molecular weight is 545 g/mol. The van der Waals surface area contributed by atoms with Crippen LogP contribution in [0.25, 0.3) is 0 Å². The second-order valence-corrected chi connectivity index (χ2v) is 9.34. The Balaban J connectivity index is 0.00000450. The van der Waals surface area contributed by atoms with Crippen LogP contribution in [0, 0.1) is 0 Å². The van der Waals surface area contributed by atoms with Crippen LogP contribution in [0.4, 0.5) is 0 Å². The lowest BCUT2D eigenvalue weighted by molar-refractivity contribution is 0.306. The minimum atomic E-state index is -2.96. The number of ether oxygens (including phenoxy) is 1. The molecule has 0 aliphatic carbocycles. The van der Waals surface area contributed by atoms with Gasteiger partial charge in [0.25, 0.3) is 0 Å². The molecule has 8 heteroatoms. The first-order chi connectivity index (χ1) is 13.9. The van der Waals surface area contributed by atoms with Crippen LogP contribution in [0.2, 0.25) is 0 Å². The number of rotatable bonds is 10. The molecule has 0 spiro atoms. The Bertz CT molecular complexity index is 872. The van der Waals surface area contributed by atoms with Crippen LogP contribution in [-0.4, -0.2) is 39.0 Å². The number of nitrogens with zero attached hydrogens (tertiary/aromatic N) is 1. The van der Waals surface area contributed by atoms with Gasteiger partial charge < -0.3 is 15.4 Å². The molecule has 0 saturated carbocycles. The lowest BCUT2D eigenvalue weighted by atomic mass is 10.1. The van der Waals surface area contributed by atoms with E-state index in [0.717, 1.165) is 23.4 Å². The SMILES string of the molecule is CCNC(=NCc1ccc(COc2ccccc2)cc1)NC(C)CCS(C)(=O)=O.I. The normalized spacial score (nSPS) is 12.6. The largest absolute Gasteiger partial charge is 0.489 e. The van der Waals surface area contributed by atoms with Crippen molar-refractivity contribution in [3.05, 3.63) is 65.7 Å². The van der Waals surface area contributed by atoms with Crippen molar-refractivity contribution in [2.45, 2.75) is 39.5 Å². The molecule has 0 aliphatic heterocycles. The maximum atomic E-state index is 11.3. The molecule has 2 rings (SSSR count). The number of aliphatic imine (C=N–C) groups is 1. The lowest BCUT2D eigenvalue weighted by Gasteiger charge is -2.17. The summed E-state index contributed by atoms with van der Waals surface area (Å²) in [6.07, 6.45) is 1.80. The Morgan fingerprint density at radius 2 is 1.70 bits per heavy atom. The lowest BCUT2D eigenvalue weighted by Crippen LogP contribution is -2.42. The molecule has 6 nitrogen and oxygen atoms in total. The van der Waals surface area contributed by atoms with E-state index < -0.39 is 9.84 Å². The number of guanidine groups is 1. The Kier molecular flexibility index (Phi) is 11.8. The first kappa shape index (κ1) is 26.2. The van der Waals surface area contributed by atoms with E-state index in [1.54, 1.807) is 0 Å². The quantitative estimate of drug-likeness (QED) is 0.270. The molecule has 1 atom stereocenters. The topological polar surface area (TPSA) is 79.8 Å². The van der Waals surface area contributed by atoms with E-state index in [9.17, 15) is 8.42 Å². The fraction of sp³-hybridized carbons (Fsp3) is 0.409. The van der Waals surface area contributed by atoms with Gasteiger partial charge in [-0.15, -0.1) is 24.0 Å². The first-order valence-corrected chi connectivity index (χ1v) is 11.9. The molecule has 0 radical (unpaired) electrons. The molecule has 2 aromatic carbocycles. The Morgan fingerprint density at radius 1 is 1.07 bits per heavy atom. The average Bonchev–Trinajstić information content (AvgIpc) is 2.70. The molecule has 0 aromatic heterocycles. The first-order valence-electron chi connectivity index (χ1n) is 9.84. The summed E-state index contributed by atoms with van der Waals surface area (Å²) in [7, 11) is -2.96. The van der Waals surface area contributed by atoms with Crippen LogP contribution in [0.3, 0.4) is 0 Å². The molecule has 1 unspecified atom stereocenters. The highest BCUT2D eigenvalue weighted by atomic mass is 127. The molecule has 0 aliphatic rings. The predicted octanol–water partition coefficient (Wildman–Crippen LogP) is 3.76. The minimum absolute atomic E-state index is 0. The number of sulfone groups is 1. The van der Waals surface area contributed by atoms with Gasteiger partial charge in [-0.25, -0.2) is 13.4 Å². The van der Waals surface area contributed by atoms with Crippen LogP contribution in [0.5, 0.6) is 5.75 Å². The second kappa shape index (κ2) is 13.5. The van der Waals surface area contributed by atoms with E-state index in [-0.39, 0.29) is 35.8 Å². The van der Waals surface area contributed by atoms with Crippen molar-refractivity contribution in [1.29, 1.82) is 0 Å². The molecule has 0 fully saturated rings. The van der Waals surface area contributed by atoms with Gasteiger partial charge in [0.15, 0.2) is 5.96 Å². The zero-order chi connectivity index (χ0) is 21.1. The summed E-state index contributed by atoms with van der Waals surface area (Å²) in [4.78, 5) is 4.61. The van der Waals surface area contributed by atoms with Gasteiger partial charge in [0.05, 0.1) is 12.3 Å². The van der Waals surface area contributed by atoms with Crippen LogP contribution < -0.4 is 15.4 Å². The zero-order valence-electron chi connectivity index (χ0n) is 17.8. The number of para-hydroxylation sites is 1. The van der Waals surface area contributed by atoms with Gasteiger partial charge in [-0.1, -0.05) is 42.5 Å². The Labute approximate surface area is 197 Å². The summed E-state index contributed by atoms with van der Waals surface area (Å²) in [5.74, 6) is 1.70. The smallest absolute Gasteiger partial charge is 0.191 e. The molecule has 30 heavy (non-hydrogen) atoms. The summed E-state index contributed by atoms with van der Waals surface area (Å²) in [5.41, 5.74) is 2.19. The monoisotopic (exact) mass is 545 g/mol.